The molecule has 1 aromatic carbocycles. The fourth-order valence-corrected chi connectivity index (χ4v) is 3.17. The summed E-state index contributed by atoms with van der Waals surface area (Å²) in [5, 5.41) is 8.13. The number of aryl methyl sites for hydroxylation is 2. The average molecular weight is 350 g/mol. The van der Waals surface area contributed by atoms with Crippen LogP contribution in [0.4, 0.5) is 0 Å². The summed E-state index contributed by atoms with van der Waals surface area (Å²) in [7, 11) is 0. The molecule has 0 atom stereocenters. The molecule has 0 unspecified atom stereocenters. The molecule has 0 fully saturated rings. The summed E-state index contributed by atoms with van der Waals surface area (Å²) >= 11 is 3.52. The SMILES string of the molecule is CCNCCCc1c(C)nn(-c2ccc(Br)cc2C)c1C. The van der Waals surface area contributed by atoms with Gasteiger partial charge in [0.1, 0.15) is 0 Å². The fourth-order valence-electron chi connectivity index (χ4n) is 2.69. The van der Waals surface area contributed by atoms with Crippen LogP contribution in [0, 0.1) is 20.8 Å². The van der Waals surface area contributed by atoms with Crippen molar-refractivity contribution < 1.29 is 0 Å². The first-order valence-electron chi connectivity index (χ1n) is 7.57. The lowest BCUT2D eigenvalue weighted by molar-refractivity contribution is 0.670. The van der Waals surface area contributed by atoms with E-state index >= 15 is 0 Å². The minimum absolute atomic E-state index is 1.04. The van der Waals surface area contributed by atoms with Crippen LogP contribution in [0.3, 0.4) is 0 Å². The van der Waals surface area contributed by atoms with Crippen LogP contribution in [0.5, 0.6) is 0 Å². The number of hydrogen-bond donors (Lipinski definition) is 1. The summed E-state index contributed by atoms with van der Waals surface area (Å²) in [5.74, 6) is 0. The lowest BCUT2D eigenvalue weighted by atomic mass is 10.1. The van der Waals surface area contributed by atoms with Crippen LogP contribution in [-0.2, 0) is 6.42 Å². The van der Waals surface area contributed by atoms with E-state index in [9.17, 15) is 0 Å². The van der Waals surface area contributed by atoms with Crippen LogP contribution in [0.15, 0.2) is 22.7 Å². The van der Waals surface area contributed by atoms with Crippen molar-refractivity contribution in [3.8, 4) is 5.69 Å². The molecule has 0 radical (unpaired) electrons. The van der Waals surface area contributed by atoms with Crippen molar-refractivity contribution in [2.45, 2.75) is 40.5 Å². The highest BCUT2D eigenvalue weighted by Gasteiger charge is 2.13. The lowest BCUT2D eigenvalue weighted by Gasteiger charge is -2.09. The van der Waals surface area contributed by atoms with Crippen molar-refractivity contribution >= 4 is 15.9 Å². The zero-order chi connectivity index (χ0) is 15.4. The predicted octanol–water partition coefficient (Wildman–Crippen LogP) is 4.10. The minimum atomic E-state index is 1.04. The van der Waals surface area contributed by atoms with E-state index in [0.717, 1.165) is 41.8 Å². The molecule has 4 heteroatoms. The maximum absolute atomic E-state index is 4.75. The molecule has 0 saturated heterocycles. The van der Waals surface area contributed by atoms with E-state index in [0.29, 0.717) is 0 Å². The first-order valence-corrected chi connectivity index (χ1v) is 8.36. The van der Waals surface area contributed by atoms with Gasteiger partial charge in [-0.05, 0) is 76.0 Å². The number of hydrogen-bond acceptors (Lipinski definition) is 2. The Morgan fingerprint density at radius 1 is 1.24 bits per heavy atom. The molecule has 2 rings (SSSR count). The van der Waals surface area contributed by atoms with Gasteiger partial charge in [-0.2, -0.15) is 5.10 Å². The first-order chi connectivity index (χ1) is 10.0. The Bertz CT molecular complexity index is 617. The minimum Gasteiger partial charge on any atom is -0.317 e. The van der Waals surface area contributed by atoms with E-state index in [4.69, 9.17) is 5.10 Å². The number of aromatic nitrogens is 2. The van der Waals surface area contributed by atoms with E-state index in [-0.39, 0.29) is 0 Å². The monoisotopic (exact) mass is 349 g/mol. The largest absolute Gasteiger partial charge is 0.317 e. The summed E-state index contributed by atoms with van der Waals surface area (Å²) in [6.45, 7) is 10.7. The van der Waals surface area contributed by atoms with Gasteiger partial charge in [0.05, 0.1) is 11.4 Å². The molecule has 0 aliphatic rings. The van der Waals surface area contributed by atoms with Crippen molar-refractivity contribution in [3.05, 3.63) is 45.2 Å². The van der Waals surface area contributed by atoms with E-state index < -0.39 is 0 Å². The van der Waals surface area contributed by atoms with Crippen LogP contribution in [0.1, 0.15) is 35.9 Å². The molecular formula is C17H24BrN3. The molecule has 0 aliphatic heterocycles. The van der Waals surface area contributed by atoms with E-state index in [1.165, 1.54) is 16.8 Å². The normalized spacial score (nSPS) is 11.1. The second-order valence-electron chi connectivity index (χ2n) is 5.45. The van der Waals surface area contributed by atoms with Crippen LogP contribution < -0.4 is 5.32 Å². The van der Waals surface area contributed by atoms with Crippen LogP contribution in [0.25, 0.3) is 5.69 Å². The zero-order valence-electron chi connectivity index (χ0n) is 13.3. The topological polar surface area (TPSA) is 29.9 Å². The van der Waals surface area contributed by atoms with Gasteiger partial charge in [-0.25, -0.2) is 4.68 Å². The standard InChI is InChI=1S/C17H24BrN3/c1-5-19-10-6-7-16-13(3)20-21(14(16)4)17-9-8-15(18)11-12(17)2/h8-9,11,19H,5-7,10H2,1-4H3. The molecule has 0 amide bonds. The number of halogens is 1. The molecule has 0 bridgehead atoms. The van der Waals surface area contributed by atoms with Crippen molar-refractivity contribution in [2.75, 3.05) is 13.1 Å². The van der Waals surface area contributed by atoms with Gasteiger partial charge in [-0.3, -0.25) is 0 Å². The molecule has 0 aliphatic carbocycles. The Balaban J connectivity index is 2.26. The zero-order valence-corrected chi connectivity index (χ0v) is 14.9. The third-order valence-electron chi connectivity index (χ3n) is 3.86. The van der Waals surface area contributed by atoms with Crippen LogP contribution in [-0.4, -0.2) is 22.9 Å². The molecule has 1 N–H and O–H groups in total. The van der Waals surface area contributed by atoms with Gasteiger partial charge in [-0.15, -0.1) is 0 Å². The van der Waals surface area contributed by atoms with E-state index in [1.807, 2.05) is 0 Å². The molecular weight excluding hydrogens is 326 g/mol. The van der Waals surface area contributed by atoms with Crippen LogP contribution in [0.2, 0.25) is 0 Å². The fraction of sp³-hybridized carbons (Fsp3) is 0.471. The average Bonchev–Trinajstić information content (AvgIpc) is 2.71. The third kappa shape index (κ3) is 3.74. The van der Waals surface area contributed by atoms with E-state index in [2.05, 4.69) is 71.8 Å². The highest BCUT2D eigenvalue weighted by Crippen LogP contribution is 2.23. The second-order valence-corrected chi connectivity index (χ2v) is 6.36. The predicted molar refractivity (Wildman–Crippen MR) is 92.3 cm³/mol. The Morgan fingerprint density at radius 2 is 2.00 bits per heavy atom. The molecule has 0 saturated carbocycles. The molecule has 0 spiro atoms. The van der Waals surface area contributed by atoms with Gasteiger partial charge in [0.2, 0.25) is 0 Å². The van der Waals surface area contributed by atoms with Gasteiger partial charge in [0.15, 0.2) is 0 Å². The Morgan fingerprint density at radius 3 is 2.67 bits per heavy atom. The lowest BCUT2D eigenvalue weighted by Crippen LogP contribution is -2.14. The summed E-state index contributed by atoms with van der Waals surface area (Å²) in [6.07, 6.45) is 2.24. The van der Waals surface area contributed by atoms with Gasteiger partial charge in [0.25, 0.3) is 0 Å². The van der Waals surface area contributed by atoms with E-state index in [1.54, 1.807) is 0 Å². The first kappa shape index (κ1) is 16.2. The quantitative estimate of drug-likeness (QED) is 0.795. The summed E-state index contributed by atoms with van der Waals surface area (Å²) in [5.41, 5.74) is 6.18. The maximum Gasteiger partial charge on any atom is 0.0678 e. The van der Waals surface area contributed by atoms with Crippen molar-refractivity contribution in [1.29, 1.82) is 0 Å². The maximum atomic E-state index is 4.75. The van der Waals surface area contributed by atoms with Crippen molar-refractivity contribution in [1.82, 2.24) is 15.1 Å². The summed E-state index contributed by atoms with van der Waals surface area (Å²) in [4.78, 5) is 0. The molecule has 1 heterocycles. The van der Waals surface area contributed by atoms with Gasteiger partial charge >= 0.3 is 0 Å². The summed E-state index contributed by atoms with van der Waals surface area (Å²) < 4.78 is 3.19. The van der Waals surface area contributed by atoms with Gasteiger partial charge in [0, 0.05) is 10.2 Å². The molecule has 1 aromatic heterocycles. The third-order valence-corrected chi connectivity index (χ3v) is 4.35. The Labute approximate surface area is 135 Å². The van der Waals surface area contributed by atoms with Gasteiger partial charge in [-0.1, -0.05) is 22.9 Å². The number of rotatable bonds is 6. The molecule has 2 aromatic rings. The van der Waals surface area contributed by atoms with Crippen molar-refractivity contribution in [3.63, 3.8) is 0 Å². The van der Waals surface area contributed by atoms with Crippen molar-refractivity contribution in [2.24, 2.45) is 0 Å². The van der Waals surface area contributed by atoms with Crippen LogP contribution >= 0.6 is 15.9 Å². The second kappa shape index (κ2) is 7.23. The Hall–Kier alpha value is -1.13. The Kier molecular flexibility index (Phi) is 5.59. The summed E-state index contributed by atoms with van der Waals surface area (Å²) in [6, 6.07) is 6.33. The number of nitrogens with one attached hydrogen (secondary N) is 1. The molecule has 21 heavy (non-hydrogen) atoms. The smallest absolute Gasteiger partial charge is 0.0678 e. The molecule has 114 valence electrons. The number of benzene rings is 1. The van der Waals surface area contributed by atoms with Gasteiger partial charge < -0.3 is 5.32 Å². The highest BCUT2D eigenvalue weighted by molar-refractivity contribution is 9.10. The number of nitrogens with zero attached hydrogens (tertiary/aromatic N) is 2. The highest BCUT2D eigenvalue weighted by atomic mass is 79.9. The molecule has 3 nitrogen and oxygen atoms in total.